The number of aryl methyl sites for hydroxylation is 2. The molecule has 0 aliphatic carbocycles. The summed E-state index contributed by atoms with van der Waals surface area (Å²) in [6.07, 6.45) is 1.54. The van der Waals surface area contributed by atoms with E-state index in [9.17, 15) is 4.79 Å². The lowest BCUT2D eigenvalue weighted by Crippen LogP contribution is -2.50. The van der Waals surface area contributed by atoms with Gasteiger partial charge in [0.25, 0.3) is 0 Å². The highest BCUT2D eigenvalue weighted by Gasteiger charge is 2.27. The third-order valence-electron chi connectivity index (χ3n) is 7.97. The molecule has 1 aliphatic heterocycles. The largest absolute Gasteiger partial charge is 0.444 e. The Balaban J connectivity index is 1.39. The molecule has 3 heterocycles. The third-order valence-corrected chi connectivity index (χ3v) is 8.22. The maximum atomic E-state index is 12.6. The second-order valence-electron chi connectivity index (χ2n) is 12.1. The SMILES string of the molecule is Cc1cc(N2CCN(C(=O)OC(C)(C)C)CC2)c(N)cc1-n1c(=N)n(C)c2cnc3ccc(-c4ccc(Cl)cc4)cc3c21. The van der Waals surface area contributed by atoms with Crippen LogP contribution in [0.25, 0.3) is 38.8 Å². The second-order valence-corrected chi connectivity index (χ2v) is 12.5. The highest BCUT2D eigenvalue weighted by atomic mass is 35.5. The number of benzene rings is 3. The van der Waals surface area contributed by atoms with Gasteiger partial charge in [-0.15, -0.1) is 0 Å². The summed E-state index contributed by atoms with van der Waals surface area (Å²) in [6, 6.07) is 18.0. The third kappa shape index (κ3) is 5.29. The first-order valence-corrected chi connectivity index (χ1v) is 14.7. The first-order valence-electron chi connectivity index (χ1n) is 14.4. The Labute approximate surface area is 255 Å². The van der Waals surface area contributed by atoms with Crippen LogP contribution in [-0.2, 0) is 11.8 Å². The zero-order chi connectivity index (χ0) is 30.6. The van der Waals surface area contributed by atoms with Crippen LogP contribution in [0.4, 0.5) is 16.2 Å². The number of nitrogen functional groups attached to an aromatic ring is 1. The molecule has 1 fully saturated rings. The Morgan fingerprint density at radius 3 is 2.33 bits per heavy atom. The van der Waals surface area contributed by atoms with Gasteiger partial charge in [-0.1, -0.05) is 29.8 Å². The molecule has 222 valence electrons. The number of ether oxygens (including phenoxy) is 1. The summed E-state index contributed by atoms with van der Waals surface area (Å²) in [6.45, 7) is 10.1. The number of rotatable bonds is 3. The van der Waals surface area contributed by atoms with Gasteiger partial charge in [0.2, 0.25) is 5.62 Å². The number of pyridine rings is 1. The van der Waals surface area contributed by atoms with Crippen molar-refractivity contribution in [1.82, 2.24) is 19.0 Å². The number of nitrogens with zero attached hydrogens (tertiary/aromatic N) is 5. The minimum absolute atomic E-state index is 0.289. The van der Waals surface area contributed by atoms with Crippen LogP contribution in [-0.4, -0.2) is 56.9 Å². The normalized spacial score (nSPS) is 14.1. The summed E-state index contributed by atoms with van der Waals surface area (Å²) < 4.78 is 9.36. The number of carbonyl (C=O) groups excluding carboxylic acids is 1. The number of halogens is 1. The van der Waals surface area contributed by atoms with E-state index in [2.05, 4.69) is 23.1 Å². The summed E-state index contributed by atoms with van der Waals surface area (Å²) in [4.78, 5) is 21.2. The molecule has 1 saturated heterocycles. The van der Waals surface area contributed by atoms with E-state index in [1.807, 2.05) is 86.5 Å². The number of hydrogen-bond donors (Lipinski definition) is 2. The minimum Gasteiger partial charge on any atom is -0.444 e. The number of amides is 1. The lowest BCUT2D eigenvalue weighted by atomic mass is 10.0. The molecule has 3 aromatic carbocycles. The molecule has 5 aromatic rings. The van der Waals surface area contributed by atoms with Gasteiger partial charge in [-0.3, -0.25) is 15.0 Å². The molecule has 6 rings (SSSR count). The summed E-state index contributed by atoms with van der Waals surface area (Å²) in [5.41, 5.74) is 14.6. The predicted molar refractivity (Wildman–Crippen MR) is 173 cm³/mol. The van der Waals surface area contributed by atoms with E-state index >= 15 is 0 Å². The molecule has 1 amide bonds. The number of hydrogen-bond acceptors (Lipinski definition) is 6. The van der Waals surface area contributed by atoms with E-state index in [1.54, 1.807) is 4.90 Å². The average Bonchev–Trinajstić information content (AvgIpc) is 3.23. The van der Waals surface area contributed by atoms with Crippen LogP contribution in [0.2, 0.25) is 5.02 Å². The van der Waals surface area contributed by atoms with Crippen molar-refractivity contribution in [2.24, 2.45) is 7.05 Å². The zero-order valence-electron chi connectivity index (χ0n) is 25.1. The summed E-state index contributed by atoms with van der Waals surface area (Å²) in [5.74, 6) is 0. The van der Waals surface area contributed by atoms with Crippen LogP contribution in [0.5, 0.6) is 0 Å². The van der Waals surface area contributed by atoms with Gasteiger partial charge in [-0.2, -0.15) is 0 Å². The van der Waals surface area contributed by atoms with E-state index in [0.29, 0.717) is 42.5 Å². The van der Waals surface area contributed by atoms with Crippen molar-refractivity contribution in [1.29, 1.82) is 5.41 Å². The fraction of sp³-hybridized carbons (Fsp3) is 0.303. The van der Waals surface area contributed by atoms with Gasteiger partial charge in [-0.25, -0.2) is 4.79 Å². The Kier molecular flexibility index (Phi) is 7.08. The van der Waals surface area contributed by atoms with Crippen molar-refractivity contribution in [2.75, 3.05) is 36.8 Å². The maximum absolute atomic E-state index is 12.6. The molecule has 10 heteroatoms. The first kappa shape index (κ1) is 28.6. The summed E-state index contributed by atoms with van der Waals surface area (Å²) >= 11 is 6.14. The van der Waals surface area contributed by atoms with Gasteiger partial charge >= 0.3 is 6.09 Å². The molecular formula is C33H36ClN7O2. The number of nitrogens with one attached hydrogen (secondary N) is 1. The summed E-state index contributed by atoms with van der Waals surface area (Å²) in [5, 5.41) is 10.7. The topological polar surface area (TPSA) is 105 Å². The lowest BCUT2D eigenvalue weighted by molar-refractivity contribution is 0.0240. The highest BCUT2D eigenvalue weighted by molar-refractivity contribution is 6.30. The molecule has 0 unspecified atom stereocenters. The predicted octanol–water partition coefficient (Wildman–Crippen LogP) is 6.26. The fourth-order valence-electron chi connectivity index (χ4n) is 5.74. The molecule has 0 atom stereocenters. The first-order chi connectivity index (χ1) is 20.4. The Morgan fingerprint density at radius 1 is 0.977 bits per heavy atom. The zero-order valence-corrected chi connectivity index (χ0v) is 25.9. The second kappa shape index (κ2) is 10.6. The van der Waals surface area contributed by atoms with Gasteiger partial charge in [0, 0.05) is 43.6 Å². The number of carbonyl (C=O) groups is 1. The number of fused-ring (bicyclic) bond motifs is 3. The standard InChI is InChI=1S/C33H36ClN7O2/c1-20-16-28(39-12-14-40(15-13-39)32(42)43-33(2,3)4)25(35)18-27(20)41-30-24-17-22(21-6-9-23(34)10-7-21)8-11-26(24)37-19-29(30)38(5)31(41)36/h6-11,16-19,36H,12-15,35H2,1-5H3. The van der Waals surface area contributed by atoms with E-state index in [0.717, 1.165) is 50.0 Å². The van der Waals surface area contributed by atoms with Crippen molar-refractivity contribution in [2.45, 2.75) is 33.3 Å². The monoisotopic (exact) mass is 597 g/mol. The Hall–Kier alpha value is -4.50. The molecule has 2 aromatic heterocycles. The molecule has 9 nitrogen and oxygen atoms in total. The lowest BCUT2D eigenvalue weighted by Gasteiger charge is -2.37. The smallest absolute Gasteiger partial charge is 0.410 e. The van der Waals surface area contributed by atoms with Crippen LogP contribution in [0.3, 0.4) is 0 Å². The van der Waals surface area contributed by atoms with Crippen LogP contribution in [0.15, 0.2) is 60.8 Å². The van der Waals surface area contributed by atoms with Crippen LogP contribution < -0.4 is 16.3 Å². The molecule has 3 N–H and O–H groups in total. The van der Waals surface area contributed by atoms with Crippen molar-refractivity contribution in [3.63, 3.8) is 0 Å². The molecule has 1 aliphatic rings. The van der Waals surface area contributed by atoms with E-state index < -0.39 is 5.60 Å². The van der Waals surface area contributed by atoms with Crippen molar-refractivity contribution >= 4 is 51.0 Å². The van der Waals surface area contributed by atoms with Gasteiger partial charge in [0.05, 0.1) is 39.8 Å². The molecule has 0 spiro atoms. The van der Waals surface area contributed by atoms with Gasteiger partial charge in [0.15, 0.2) is 0 Å². The molecule has 0 radical (unpaired) electrons. The van der Waals surface area contributed by atoms with Crippen LogP contribution in [0, 0.1) is 12.3 Å². The number of anilines is 2. The van der Waals surface area contributed by atoms with E-state index in [4.69, 9.17) is 32.5 Å². The number of nitrogens with two attached hydrogens (primary N) is 1. The number of imidazole rings is 1. The molecule has 43 heavy (non-hydrogen) atoms. The Bertz CT molecular complexity index is 1930. The van der Waals surface area contributed by atoms with Crippen LogP contribution >= 0.6 is 11.6 Å². The van der Waals surface area contributed by atoms with E-state index in [-0.39, 0.29) is 6.09 Å². The van der Waals surface area contributed by atoms with Crippen molar-refractivity contribution in [3.8, 4) is 16.8 Å². The van der Waals surface area contributed by atoms with Crippen molar-refractivity contribution < 1.29 is 9.53 Å². The van der Waals surface area contributed by atoms with Crippen LogP contribution in [0.1, 0.15) is 26.3 Å². The number of aromatic nitrogens is 3. The minimum atomic E-state index is -0.527. The Morgan fingerprint density at radius 2 is 1.65 bits per heavy atom. The average molecular weight is 598 g/mol. The quantitative estimate of drug-likeness (QED) is 0.239. The molecule has 0 bridgehead atoms. The highest BCUT2D eigenvalue weighted by Crippen LogP contribution is 2.34. The summed E-state index contributed by atoms with van der Waals surface area (Å²) in [7, 11) is 1.88. The molecule has 0 saturated carbocycles. The van der Waals surface area contributed by atoms with E-state index in [1.165, 1.54) is 0 Å². The van der Waals surface area contributed by atoms with Gasteiger partial charge < -0.3 is 24.8 Å². The number of piperazine rings is 1. The van der Waals surface area contributed by atoms with Crippen molar-refractivity contribution in [3.05, 3.63) is 77.0 Å². The maximum Gasteiger partial charge on any atom is 0.410 e. The molecular weight excluding hydrogens is 562 g/mol. The van der Waals surface area contributed by atoms with Gasteiger partial charge in [0.1, 0.15) is 5.60 Å². The van der Waals surface area contributed by atoms with Gasteiger partial charge in [-0.05, 0) is 80.8 Å². The fourth-order valence-corrected chi connectivity index (χ4v) is 5.87.